The van der Waals surface area contributed by atoms with Crippen molar-refractivity contribution in [1.29, 1.82) is 0 Å². The Morgan fingerprint density at radius 2 is 1.88 bits per heavy atom. The van der Waals surface area contributed by atoms with Gasteiger partial charge in [-0.1, -0.05) is 31.4 Å². The Morgan fingerprint density at radius 3 is 2.62 bits per heavy atom. The summed E-state index contributed by atoms with van der Waals surface area (Å²) in [6.45, 7) is 0.483. The fraction of sp³-hybridized carbons (Fsp3) is 0.400. The van der Waals surface area contributed by atoms with E-state index in [1.165, 1.54) is 0 Å². The van der Waals surface area contributed by atoms with Gasteiger partial charge in [-0.15, -0.1) is 0 Å². The van der Waals surface area contributed by atoms with E-state index in [1.54, 1.807) is 49.4 Å². The van der Waals surface area contributed by atoms with Crippen LogP contribution in [0.4, 0.5) is 5.69 Å². The van der Waals surface area contributed by atoms with Gasteiger partial charge in [0.25, 0.3) is 5.56 Å². The van der Waals surface area contributed by atoms with Crippen molar-refractivity contribution in [3.63, 3.8) is 0 Å². The minimum absolute atomic E-state index is 0.0576. The molecule has 3 aromatic rings. The molecule has 1 amide bonds. The molecule has 7 heteroatoms. The summed E-state index contributed by atoms with van der Waals surface area (Å²) >= 11 is 0. The van der Waals surface area contributed by atoms with Crippen LogP contribution in [0, 0.1) is 5.41 Å². The van der Waals surface area contributed by atoms with Gasteiger partial charge in [0.2, 0.25) is 5.91 Å². The predicted octanol–water partition coefficient (Wildman–Crippen LogP) is 4.39. The first-order valence-electron chi connectivity index (χ1n) is 11.0. The molecule has 4 rings (SSSR count). The Labute approximate surface area is 187 Å². The Hall–Kier alpha value is -3.35. The zero-order chi connectivity index (χ0) is 22.6. The van der Waals surface area contributed by atoms with Crippen LogP contribution in [0.15, 0.2) is 53.6 Å². The van der Waals surface area contributed by atoms with Crippen LogP contribution in [0.2, 0.25) is 0 Å². The number of ether oxygens (including phenoxy) is 2. The summed E-state index contributed by atoms with van der Waals surface area (Å²) in [7, 11) is 3.15. The largest absolute Gasteiger partial charge is 0.497 e. The van der Waals surface area contributed by atoms with E-state index in [0.717, 1.165) is 32.1 Å². The summed E-state index contributed by atoms with van der Waals surface area (Å²) in [6, 6.07) is 12.7. The van der Waals surface area contributed by atoms with Gasteiger partial charge in [0.05, 0.1) is 37.1 Å². The molecular formula is C25H29N3O4. The van der Waals surface area contributed by atoms with Crippen LogP contribution in [0.1, 0.15) is 38.5 Å². The zero-order valence-corrected chi connectivity index (χ0v) is 18.6. The molecule has 168 valence electrons. The van der Waals surface area contributed by atoms with Crippen molar-refractivity contribution in [1.82, 2.24) is 9.55 Å². The van der Waals surface area contributed by atoms with Crippen LogP contribution in [-0.4, -0.2) is 29.7 Å². The molecular weight excluding hydrogens is 406 g/mol. The third kappa shape index (κ3) is 4.61. The summed E-state index contributed by atoms with van der Waals surface area (Å²) in [4.78, 5) is 30.6. The Bertz CT molecular complexity index is 1170. The predicted molar refractivity (Wildman–Crippen MR) is 124 cm³/mol. The number of amides is 1. The first-order valence-corrected chi connectivity index (χ1v) is 11.0. The standard InChI is InChI=1S/C25H29N3O4/c1-31-18-10-11-21(22(14-18)32-2)27-23(29)15-25(12-6-3-7-13-25)16-28-17-26-20-9-5-4-8-19(20)24(28)30/h4-5,8-11,14,17H,3,6-7,12-13,15-16H2,1-2H3,(H,27,29). The maximum absolute atomic E-state index is 13.1. The number of aromatic nitrogens is 2. The minimum Gasteiger partial charge on any atom is -0.497 e. The number of rotatable bonds is 7. The lowest BCUT2D eigenvalue weighted by atomic mass is 9.71. The summed E-state index contributed by atoms with van der Waals surface area (Å²) in [5.74, 6) is 1.12. The third-order valence-corrected chi connectivity index (χ3v) is 6.37. The lowest BCUT2D eigenvalue weighted by Gasteiger charge is -2.37. The highest BCUT2D eigenvalue weighted by molar-refractivity contribution is 5.92. The molecule has 0 saturated heterocycles. The number of carbonyl (C=O) groups is 1. The molecule has 0 aliphatic heterocycles. The van der Waals surface area contributed by atoms with Gasteiger partial charge < -0.3 is 14.8 Å². The van der Waals surface area contributed by atoms with Crippen molar-refractivity contribution in [2.24, 2.45) is 5.41 Å². The van der Waals surface area contributed by atoms with E-state index in [9.17, 15) is 9.59 Å². The van der Waals surface area contributed by atoms with Gasteiger partial charge in [-0.25, -0.2) is 4.98 Å². The molecule has 0 bridgehead atoms. The van der Waals surface area contributed by atoms with Crippen molar-refractivity contribution in [2.45, 2.75) is 45.1 Å². The van der Waals surface area contributed by atoms with E-state index < -0.39 is 0 Å². The molecule has 0 unspecified atom stereocenters. The van der Waals surface area contributed by atoms with Crippen molar-refractivity contribution in [3.8, 4) is 11.5 Å². The second kappa shape index (κ2) is 9.42. The number of nitrogens with one attached hydrogen (secondary N) is 1. The fourth-order valence-corrected chi connectivity index (χ4v) is 4.71. The lowest BCUT2D eigenvalue weighted by molar-refractivity contribution is -0.119. The van der Waals surface area contributed by atoms with Crippen LogP contribution < -0.4 is 20.3 Å². The van der Waals surface area contributed by atoms with Crippen molar-refractivity contribution in [3.05, 3.63) is 59.1 Å². The van der Waals surface area contributed by atoms with E-state index in [4.69, 9.17) is 9.47 Å². The normalized spacial score (nSPS) is 15.3. The van der Waals surface area contributed by atoms with Crippen LogP contribution in [0.3, 0.4) is 0 Å². The number of para-hydroxylation sites is 1. The van der Waals surface area contributed by atoms with E-state index in [-0.39, 0.29) is 16.9 Å². The molecule has 1 heterocycles. The highest BCUT2D eigenvalue weighted by Gasteiger charge is 2.35. The topological polar surface area (TPSA) is 82.5 Å². The Kier molecular flexibility index (Phi) is 6.44. The average Bonchev–Trinajstić information content (AvgIpc) is 2.82. The Morgan fingerprint density at radius 1 is 1.09 bits per heavy atom. The SMILES string of the molecule is COc1ccc(NC(=O)CC2(Cn3cnc4ccccc4c3=O)CCCCC2)c(OC)c1. The van der Waals surface area contributed by atoms with Crippen molar-refractivity contribution in [2.75, 3.05) is 19.5 Å². The van der Waals surface area contributed by atoms with Gasteiger partial charge in [-0.2, -0.15) is 0 Å². The average molecular weight is 436 g/mol. The smallest absolute Gasteiger partial charge is 0.261 e. The molecule has 1 aromatic heterocycles. The maximum atomic E-state index is 13.1. The third-order valence-electron chi connectivity index (χ3n) is 6.37. The first kappa shape index (κ1) is 21.9. The highest BCUT2D eigenvalue weighted by atomic mass is 16.5. The summed E-state index contributed by atoms with van der Waals surface area (Å²) < 4.78 is 12.3. The molecule has 7 nitrogen and oxygen atoms in total. The maximum Gasteiger partial charge on any atom is 0.261 e. The molecule has 1 aliphatic rings. The van der Waals surface area contributed by atoms with Gasteiger partial charge in [0.15, 0.2) is 0 Å². The molecule has 1 N–H and O–H groups in total. The van der Waals surface area contributed by atoms with Gasteiger partial charge in [-0.05, 0) is 42.5 Å². The van der Waals surface area contributed by atoms with E-state index in [2.05, 4.69) is 10.3 Å². The van der Waals surface area contributed by atoms with Gasteiger partial charge in [0.1, 0.15) is 11.5 Å². The molecule has 1 saturated carbocycles. The molecule has 1 aliphatic carbocycles. The van der Waals surface area contributed by atoms with Crippen LogP contribution in [0.5, 0.6) is 11.5 Å². The van der Waals surface area contributed by atoms with Crippen LogP contribution >= 0.6 is 0 Å². The zero-order valence-electron chi connectivity index (χ0n) is 18.6. The van der Waals surface area contributed by atoms with E-state index in [0.29, 0.717) is 41.1 Å². The number of anilines is 1. The summed E-state index contributed by atoms with van der Waals surface area (Å²) in [5, 5.41) is 3.60. The van der Waals surface area contributed by atoms with Gasteiger partial charge >= 0.3 is 0 Å². The number of hydrogen-bond acceptors (Lipinski definition) is 5. The van der Waals surface area contributed by atoms with Crippen LogP contribution in [0.25, 0.3) is 10.9 Å². The molecule has 2 aromatic carbocycles. The number of hydrogen-bond donors (Lipinski definition) is 1. The first-order chi connectivity index (χ1) is 15.5. The summed E-state index contributed by atoms with van der Waals surface area (Å²) in [5.41, 5.74) is 0.957. The number of benzene rings is 2. The van der Waals surface area contributed by atoms with E-state index in [1.807, 2.05) is 18.2 Å². The number of methoxy groups -OCH3 is 2. The molecule has 0 radical (unpaired) electrons. The monoisotopic (exact) mass is 435 g/mol. The second-order valence-electron chi connectivity index (χ2n) is 8.55. The van der Waals surface area contributed by atoms with Gasteiger partial charge in [-0.3, -0.25) is 14.2 Å². The number of nitrogens with zero attached hydrogens (tertiary/aromatic N) is 2. The molecule has 1 fully saturated rings. The van der Waals surface area contributed by atoms with Crippen LogP contribution in [-0.2, 0) is 11.3 Å². The lowest BCUT2D eigenvalue weighted by Crippen LogP contribution is -2.37. The minimum atomic E-state index is -0.282. The van der Waals surface area contributed by atoms with Gasteiger partial charge in [0, 0.05) is 19.0 Å². The number of fused-ring (bicyclic) bond motifs is 1. The summed E-state index contributed by atoms with van der Waals surface area (Å²) in [6.07, 6.45) is 7.01. The number of carbonyl (C=O) groups excluding carboxylic acids is 1. The van der Waals surface area contributed by atoms with Crippen molar-refractivity contribution >= 4 is 22.5 Å². The van der Waals surface area contributed by atoms with E-state index >= 15 is 0 Å². The molecule has 0 atom stereocenters. The molecule has 32 heavy (non-hydrogen) atoms. The quantitative estimate of drug-likeness (QED) is 0.595. The highest BCUT2D eigenvalue weighted by Crippen LogP contribution is 2.41. The second-order valence-corrected chi connectivity index (χ2v) is 8.55. The molecule has 0 spiro atoms. The Balaban J connectivity index is 1.57. The van der Waals surface area contributed by atoms with Crippen molar-refractivity contribution < 1.29 is 14.3 Å². The fourth-order valence-electron chi connectivity index (χ4n) is 4.71.